The highest BCUT2D eigenvalue weighted by Gasteiger charge is 2.45. The number of methoxy groups -OCH3 is 1. The standard InChI is InChI=1S/C22H40N2O5Si/c1-15(29-30(6,7)22(2,3)4)9-8-10-17-19(20(26)28-5)18-12-11-16(13-14-25)24(18)21(27)23-17/h15-16,18,25H,8-14H2,1-7H3,(H,23,27)/t15-,16+,18+/m0/s1. The molecule has 0 unspecified atom stereocenters. The second kappa shape index (κ2) is 9.83. The van der Waals surface area contributed by atoms with Crippen molar-refractivity contribution >= 4 is 20.3 Å². The summed E-state index contributed by atoms with van der Waals surface area (Å²) in [7, 11) is -0.444. The van der Waals surface area contributed by atoms with E-state index in [-0.39, 0.29) is 41.8 Å². The molecule has 7 nitrogen and oxygen atoms in total. The maximum Gasteiger partial charge on any atom is 0.337 e. The van der Waals surface area contributed by atoms with Crippen molar-refractivity contribution in [1.29, 1.82) is 0 Å². The van der Waals surface area contributed by atoms with Crippen LogP contribution in [0.25, 0.3) is 0 Å². The number of hydrogen-bond acceptors (Lipinski definition) is 5. The van der Waals surface area contributed by atoms with Crippen LogP contribution in [0.3, 0.4) is 0 Å². The van der Waals surface area contributed by atoms with E-state index >= 15 is 0 Å². The second-order valence-corrected chi connectivity index (χ2v) is 14.8. The molecule has 3 atom stereocenters. The molecule has 2 aliphatic rings. The lowest BCUT2D eigenvalue weighted by atomic mass is 9.97. The molecule has 1 fully saturated rings. The van der Waals surface area contributed by atoms with Crippen LogP contribution in [0, 0.1) is 0 Å². The van der Waals surface area contributed by atoms with E-state index in [1.165, 1.54) is 7.11 Å². The highest BCUT2D eigenvalue weighted by atomic mass is 28.4. The molecule has 8 heteroatoms. The van der Waals surface area contributed by atoms with Crippen molar-refractivity contribution in [3.8, 4) is 0 Å². The number of urea groups is 1. The fraction of sp³-hybridized carbons (Fsp3) is 0.818. The quantitative estimate of drug-likeness (QED) is 0.419. The third-order valence-electron chi connectivity index (χ3n) is 6.86. The summed E-state index contributed by atoms with van der Waals surface area (Å²) in [5, 5.41) is 12.4. The molecule has 2 rings (SSSR count). The number of aliphatic hydroxyl groups is 1. The Hall–Kier alpha value is -1.38. The summed E-state index contributed by atoms with van der Waals surface area (Å²) in [6.07, 6.45) is 4.44. The lowest BCUT2D eigenvalue weighted by Crippen LogP contribution is -2.53. The number of hydrogen-bond donors (Lipinski definition) is 2. The summed E-state index contributed by atoms with van der Waals surface area (Å²) >= 11 is 0. The van der Waals surface area contributed by atoms with Gasteiger partial charge in [0.05, 0.1) is 18.7 Å². The number of carbonyl (C=O) groups excluding carboxylic acids is 2. The average molecular weight is 441 g/mol. The molecular formula is C22H40N2O5Si. The number of nitrogens with zero attached hydrogens (tertiary/aromatic N) is 1. The van der Waals surface area contributed by atoms with Gasteiger partial charge in [-0.3, -0.25) is 0 Å². The predicted octanol–water partition coefficient (Wildman–Crippen LogP) is 3.93. The third kappa shape index (κ3) is 5.45. The summed E-state index contributed by atoms with van der Waals surface area (Å²) in [4.78, 5) is 27.0. The zero-order chi connectivity index (χ0) is 22.7. The van der Waals surface area contributed by atoms with Gasteiger partial charge >= 0.3 is 12.0 Å². The van der Waals surface area contributed by atoms with Crippen LogP contribution in [0.15, 0.2) is 11.3 Å². The Bertz CT molecular complexity index is 671. The third-order valence-corrected chi connectivity index (χ3v) is 11.5. The lowest BCUT2D eigenvalue weighted by molar-refractivity contribution is -0.136. The molecule has 2 N–H and O–H groups in total. The van der Waals surface area contributed by atoms with Gasteiger partial charge in [0.1, 0.15) is 0 Å². The minimum atomic E-state index is -1.82. The Kier molecular flexibility index (Phi) is 8.15. The zero-order valence-corrected chi connectivity index (χ0v) is 20.7. The predicted molar refractivity (Wildman–Crippen MR) is 120 cm³/mol. The Morgan fingerprint density at radius 1 is 1.33 bits per heavy atom. The number of ether oxygens (including phenoxy) is 1. The zero-order valence-electron chi connectivity index (χ0n) is 19.7. The first-order chi connectivity index (χ1) is 13.9. The molecule has 0 aromatic carbocycles. The Labute approximate surface area is 182 Å². The number of fused-ring (bicyclic) bond motifs is 1. The largest absolute Gasteiger partial charge is 0.466 e. The van der Waals surface area contributed by atoms with Gasteiger partial charge in [0.15, 0.2) is 8.32 Å². The van der Waals surface area contributed by atoms with Crippen LogP contribution in [0.1, 0.15) is 66.2 Å². The Morgan fingerprint density at radius 2 is 2.00 bits per heavy atom. The molecular weight excluding hydrogens is 400 g/mol. The van der Waals surface area contributed by atoms with E-state index in [1.807, 2.05) is 0 Å². The van der Waals surface area contributed by atoms with E-state index in [2.05, 4.69) is 46.1 Å². The van der Waals surface area contributed by atoms with Crippen LogP contribution in [0.5, 0.6) is 0 Å². The number of aliphatic hydroxyl groups excluding tert-OH is 1. The van der Waals surface area contributed by atoms with Gasteiger partial charge in [-0.15, -0.1) is 0 Å². The van der Waals surface area contributed by atoms with Crippen molar-refractivity contribution in [2.75, 3.05) is 13.7 Å². The number of allylic oxidation sites excluding steroid dienone is 1. The van der Waals surface area contributed by atoms with Gasteiger partial charge in [0.25, 0.3) is 0 Å². The minimum absolute atomic E-state index is 0.0252. The molecule has 2 aliphatic heterocycles. The van der Waals surface area contributed by atoms with Gasteiger partial charge < -0.3 is 24.5 Å². The topological polar surface area (TPSA) is 88.1 Å². The molecule has 30 heavy (non-hydrogen) atoms. The first-order valence-electron chi connectivity index (χ1n) is 11.1. The fourth-order valence-corrected chi connectivity index (χ4v) is 5.72. The molecule has 2 amide bonds. The van der Waals surface area contributed by atoms with Crippen molar-refractivity contribution in [2.45, 2.75) is 103 Å². The lowest BCUT2D eigenvalue weighted by Gasteiger charge is -2.38. The van der Waals surface area contributed by atoms with E-state index in [1.54, 1.807) is 4.90 Å². The average Bonchev–Trinajstić information content (AvgIpc) is 3.04. The summed E-state index contributed by atoms with van der Waals surface area (Å²) in [5.41, 5.74) is 1.24. The fourth-order valence-electron chi connectivity index (χ4n) is 4.24. The first kappa shape index (κ1) is 24.9. The molecule has 0 aliphatic carbocycles. The number of amides is 2. The molecule has 0 spiro atoms. The van der Waals surface area contributed by atoms with E-state index in [0.29, 0.717) is 24.1 Å². The Balaban J connectivity index is 2.08. The molecule has 0 radical (unpaired) electrons. The van der Waals surface area contributed by atoms with Crippen LogP contribution < -0.4 is 5.32 Å². The van der Waals surface area contributed by atoms with Gasteiger partial charge in [-0.05, 0) is 63.6 Å². The smallest absolute Gasteiger partial charge is 0.337 e. The van der Waals surface area contributed by atoms with Crippen molar-refractivity contribution < 1.29 is 23.9 Å². The van der Waals surface area contributed by atoms with Gasteiger partial charge in [-0.25, -0.2) is 9.59 Å². The summed E-state index contributed by atoms with van der Waals surface area (Å²) < 4.78 is 11.5. The molecule has 172 valence electrons. The summed E-state index contributed by atoms with van der Waals surface area (Å²) in [6, 6.07) is -0.484. The number of nitrogens with one attached hydrogen (secondary N) is 1. The van der Waals surface area contributed by atoms with Crippen LogP contribution >= 0.6 is 0 Å². The van der Waals surface area contributed by atoms with Crippen molar-refractivity contribution in [1.82, 2.24) is 10.2 Å². The van der Waals surface area contributed by atoms with Crippen LogP contribution in [0.4, 0.5) is 4.79 Å². The first-order valence-corrected chi connectivity index (χ1v) is 14.0. The number of rotatable bonds is 9. The van der Waals surface area contributed by atoms with Crippen LogP contribution in [-0.4, -0.2) is 62.2 Å². The van der Waals surface area contributed by atoms with E-state index < -0.39 is 8.32 Å². The van der Waals surface area contributed by atoms with E-state index in [9.17, 15) is 14.7 Å². The molecule has 0 aromatic rings. The maximum atomic E-state index is 12.8. The van der Waals surface area contributed by atoms with Crippen LogP contribution in [-0.2, 0) is 14.0 Å². The normalized spacial score (nSPS) is 23.3. The molecule has 2 heterocycles. The molecule has 0 aromatic heterocycles. The van der Waals surface area contributed by atoms with Gasteiger partial charge in [-0.2, -0.15) is 0 Å². The highest BCUT2D eigenvalue weighted by molar-refractivity contribution is 6.74. The highest BCUT2D eigenvalue weighted by Crippen LogP contribution is 2.38. The molecule has 1 saturated heterocycles. The number of esters is 1. The van der Waals surface area contributed by atoms with Gasteiger partial charge in [-0.1, -0.05) is 20.8 Å². The molecule has 0 saturated carbocycles. The van der Waals surface area contributed by atoms with E-state index in [0.717, 1.165) is 25.7 Å². The summed E-state index contributed by atoms with van der Waals surface area (Å²) in [5.74, 6) is -0.379. The van der Waals surface area contributed by atoms with Crippen molar-refractivity contribution in [3.63, 3.8) is 0 Å². The van der Waals surface area contributed by atoms with Crippen LogP contribution in [0.2, 0.25) is 18.1 Å². The Morgan fingerprint density at radius 3 is 2.57 bits per heavy atom. The number of carbonyl (C=O) groups is 2. The SMILES string of the molecule is COC(=O)C1=C(CCC[C@H](C)O[Si](C)(C)C(C)(C)C)NC(=O)N2[C@@H](CCO)CC[C@H]12. The van der Waals surface area contributed by atoms with Gasteiger partial charge in [0.2, 0.25) is 0 Å². The van der Waals surface area contributed by atoms with Crippen molar-refractivity contribution in [3.05, 3.63) is 11.3 Å². The van der Waals surface area contributed by atoms with Gasteiger partial charge in [0, 0.05) is 24.4 Å². The van der Waals surface area contributed by atoms with E-state index in [4.69, 9.17) is 9.16 Å². The minimum Gasteiger partial charge on any atom is -0.466 e. The maximum absolute atomic E-state index is 12.8. The monoisotopic (exact) mass is 440 g/mol. The molecule has 0 bridgehead atoms. The second-order valence-electron chi connectivity index (χ2n) is 10.1. The van der Waals surface area contributed by atoms with Crippen molar-refractivity contribution in [2.24, 2.45) is 0 Å². The summed E-state index contributed by atoms with van der Waals surface area (Å²) in [6.45, 7) is 13.3.